The highest BCUT2D eigenvalue weighted by Crippen LogP contribution is 2.72. The van der Waals surface area contributed by atoms with Gasteiger partial charge in [-0.1, -0.05) is 34.1 Å². The second kappa shape index (κ2) is 7.86. The van der Waals surface area contributed by atoms with Crippen molar-refractivity contribution in [3.63, 3.8) is 0 Å². The summed E-state index contributed by atoms with van der Waals surface area (Å²) in [6.45, 7) is 13.2. The number of aryl methyl sites for hydroxylation is 1. The molecule has 0 amide bonds. The van der Waals surface area contributed by atoms with Gasteiger partial charge in [0.05, 0.1) is 19.1 Å². The van der Waals surface area contributed by atoms with E-state index in [0.717, 1.165) is 32.1 Å². The Bertz CT molecular complexity index is 977. The minimum absolute atomic E-state index is 0.0726. The van der Waals surface area contributed by atoms with E-state index in [1.54, 1.807) is 0 Å². The second-order valence-electron chi connectivity index (χ2n) is 13.0. The Kier molecular flexibility index (Phi) is 5.54. The van der Waals surface area contributed by atoms with Crippen molar-refractivity contribution in [2.75, 3.05) is 6.61 Å². The summed E-state index contributed by atoms with van der Waals surface area (Å²) in [5.74, 6) is 0.819. The number of rotatable bonds is 3. The molecule has 4 aliphatic rings. The molecule has 188 valence electrons. The van der Waals surface area contributed by atoms with Crippen LogP contribution in [-0.4, -0.2) is 24.6 Å². The number of esters is 2. The van der Waals surface area contributed by atoms with Crippen LogP contribution in [0.2, 0.25) is 0 Å². The number of hydrogen-bond acceptors (Lipinski definition) is 5. The zero-order chi connectivity index (χ0) is 24.5. The van der Waals surface area contributed by atoms with Crippen molar-refractivity contribution >= 4 is 11.9 Å². The molecule has 0 aromatic carbocycles. The Hall–Kier alpha value is -1.78. The molecule has 3 fully saturated rings. The molecule has 0 saturated heterocycles. The van der Waals surface area contributed by atoms with Crippen molar-refractivity contribution in [1.82, 2.24) is 0 Å². The maximum absolute atomic E-state index is 12.4. The van der Waals surface area contributed by atoms with Gasteiger partial charge < -0.3 is 13.9 Å². The van der Waals surface area contributed by atoms with Crippen LogP contribution >= 0.6 is 0 Å². The van der Waals surface area contributed by atoms with Crippen LogP contribution < -0.4 is 0 Å². The number of carbonyl (C=O) groups is 2. The molecule has 0 spiro atoms. The molecule has 1 aromatic heterocycles. The fourth-order valence-electron chi connectivity index (χ4n) is 9.83. The zero-order valence-corrected chi connectivity index (χ0v) is 21.9. The van der Waals surface area contributed by atoms with Gasteiger partial charge in [-0.2, -0.15) is 0 Å². The molecular formula is C29H42O5. The lowest BCUT2D eigenvalue weighted by atomic mass is 9.35. The second-order valence-corrected chi connectivity index (χ2v) is 13.0. The molecule has 5 rings (SSSR count). The minimum Gasteiger partial charge on any atom is -0.472 e. The number of hydrogen-bond donors (Lipinski definition) is 0. The fourth-order valence-corrected chi connectivity index (χ4v) is 9.83. The molecule has 0 radical (unpaired) electrons. The summed E-state index contributed by atoms with van der Waals surface area (Å²) in [4.78, 5) is 24.4. The number of ether oxygens (including phenoxy) is 2. The van der Waals surface area contributed by atoms with Crippen LogP contribution in [0.4, 0.5) is 0 Å². The average Bonchev–Trinajstić information content (AvgIpc) is 3.23. The minimum atomic E-state index is -0.267. The predicted octanol–water partition coefficient (Wildman–Crippen LogP) is 6.23. The first-order valence-corrected chi connectivity index (χ1v) is 13.3. The molecule has 7 atom stereocenters. The van der Waals surface area contributed by atoms with Gasteiger partial charge in [-0.05, 0) is 79.1 Å². The van der Waals surface area contributed by atoms with E-state index in [1.165, 1.54) is 44.2 Å². The molecule has 1 heterocycles. The van der Waals surface area contributed by atoms with Gasteiger partial charge in [0.1, 0.15) is 6.10 Å². The zero-order valence-electron chi connectivity index (χ0n) is 21.9. The lowest BCUT2D eigenvalue weighted by molar-refractivity contribution is -0.233. The first kappa shape index (κ1) is 23.9. The van der Waals surface area contributed by atoms with Crippen LogP contribution in [0.3, 0.4) is 0 Å². The largest absolute Gasteiger partial charge is 0.472 e. The predicted molar refractivity (Wildman–Crippen MR) is 129 cm³/mol. The van der Waals surface area contributed by atoms with Crippen LogP contribution in [0.15, 0.2) is 16.9 Å². The van der Waals surface area contributed by atoms with E-state index in [-0.39, 0.29) is 39.7 Å². The third-order valence-electron chi connectivity index (χ3n) is 11.1. The number of carbonyl (C=O) groups excluding carboxylic acids is 2. The van der Waals surface area contributed by atoms with E-state index >= 15 is 0 Å². The summed E-state index contributed by atoms with van der Waals surface area (Å²) in [7, 11) is 0. The van der Waals surface area contributed by atoms with E-state index in [9.17, 15) is 9.59 Å². The molecule has 4 aliphatic carbocycles. The highest BCUT2D eigenvalue weighted by Gasteiger charge is 2.69. The molecule has 1 aromatic rings. The van der Waals surface area contributed by atoms with E-state index in [0.29, 0.717) is 24.4 Å². The summed E-state index contributed by atoms with van der Waals surface area (Å²) in [6, 6.07) is 0. The molecule has 0 unspecified atom stereocenters. The molecule has 0 bridgehead atoms. The first-order chi connectivity index (χ1) is 15.9. The number of furan rings is 1. The summed E-state index contributed by atoms with van der Waals surface area (Å²) in [5, 5.41) is 0. The van der Waals surface area contributed by atoms with Crippen molar-refractivity contribution in [2.24, 2.45) is 34.0 Å². The van der Waals surface area contributed by atoms with Gasteiger partial charge in [0.25, 0.3) is 0 Å². The van der Waals surface area contributed by atoms with Crippen LogP contribution in [0.5, 0.6) is 0 Å². The van der Waals surface area contributed by atoms with Gasteiger partial charge in [-0.25, -0.2) is 0 Å². The van der Waals surface area contributed by atoms with Gasteiger partial charge >= 0.3 is 11.9 Å². The fraction of sp³-hybridized carbons (Fsp3) is 0.793. The lowest BCUT2D eigenvalue weighted by Crippen LogP contribution is -2.68. The quantitative estimate of drug-likeness (QED) is 0.490. The van der Waals surface area contributed by atoms with Crippen LogP contribution in [-0.2, 0) is 30.9 Å². The van der Waals surface area contributed by atoms with E-state index in [1.807, 2.05) is 12.5 Å². The van der Waals surface area contributed by atoms with Gasteiger partial charge in [0.15, 0.2) is 0 Å². The Morgan fingerprint density at radius 1 is 0.971 bits per heavy atom. The smallest absolute Gasteiger partial charge is 0.302 e. The first-order valence-electron chi connectivity index (χ1n) is 13.3. The summed E-state index contributed by atoms with van der Waals surface area (Å²) in [5.41, 5.74) is 2.45. The molecular weight excluding hydrogens is 428 g/mol. The van der Waals surface area contributed by atoms with Gasteiger partial charge in [-0.15, -0.1) is 0 Å². The van der Waals surface area contributed by atoms with Gasteiger partial charge in [-0.3, -0.25) is 9.59 Å². The molecule has 5 heteroatoms. The Balaban J connectivity index is 1.65. The van der Waals surface area contributed by atoms with Crippen molar-refractivity contribution in [2.45, 2.75) is 104 Å². The summed E-state index contributed by atoms with van der Waals surface area (Å²) >= 11 is 0. The molecule has 0 aliphatic heterocycles. The lowest BCUT2D eigenvalue weighted by Gasteiger charge is -2.70. The Labute approximate surface area is 204 Å². The van der Waals surface area contributed by atoms with Crippen LogP contribution in [0.1, 0.15) is 97.6 Å². The summed E-state index contributed by atoms with van der Waals surface area (Å²) < 4.78 is 17.8. The van der Waals surface area contributed by atoms with Crippen molar-refractivity contribution in [1.29, 1.82) is 0 Å². The Morgan fingerprint density at radius 3 is 2.44 bits per heavy atom. The maximum atomic E-state index is 12.4. The van der Waals surface area contributed by atoms with Gasteiger partial charge in [0, 0.05) is 30.2 Å². The van der Waals surface area contributed by atoms with Crippen LogP contribution in [0.25, 0.3) is 0 Å². The van der Waals surface area contributed by atoms with Crippen LogP contribution in [0, 0.1) is 34.0 Å². The molecule has 34 heavy (non-hydrogen) atoms. The number of fused-ring (bicyclic) bond motifs is 7. The van der Waals surface area contributed by atoms with Crippen molar-refractivity contribution in [3.05, 3.63) is 23.7 Å². The van der Waals surface area contributed by atoms with Gasteiger partial charge in [0.2, 0.25) is 0 Å². The molecule has 0 N–H and O–H groups in total. The topological polar surface area (TPSA) is 65.7 Å². The summed E-state index contributed by atoms with van der Waals surface area (Å²) in [6.07, 6.45) is 12.3. The van der Waals surface area contributed by atoms with E-state index in [4.69, 9.17) is 13.9 Å². The van der Waals surface area contributed by atoms with Crippen molar-refractivity contribution < 1.29 is 23.5 Å². The average molecular weight is 471 g/mol. The van der Waals surface area contributed by atoms with E-state index < -0.39 is 0 Å². The third-order valence-corrected chi connectivity index (χ3v) is 11.1. The maximum Gasteiger partial charge on any atom is 0.302 e. The monoisotopic (exact) mass is 470 g/mol. The third kappa shape index (κ3) is 3.24. The normalized spacial score (nSPS) is 42.4. The Morgan fingerprint density at radius 2 is 1.74 bits per heavy atom. The van der Waals surface area contributed by atoms with E-state index in [2.05, 4.69) is 27.7 Å². The molecule has 5 nitrogen and oxygen atoms in total. The SMILES string of the molecule is CC(=O)OC[C@]12CCCC(C)(C)[C@@H]1CC[C@]1(C)[C@@H]2C[C@@H](OC(C)=O)[C@]2(C)c3cocc3CC[C@@H]12. The highest BCUT2D eigenvalue weighted by atomic mass is 16.5. The highest BCUT2D eigenvalue weighted by molar-refractivity contribution is 5.66. The molecule has 3 saturated carbocycles. The van der Waals surface area contributed by atoms with Crippen molar-refractivity contribution in [3.8, 4) is 0 Å². The standard InChI is InChI=1S/C29H42O5/c1-18(30)33-17-29-12-7-11-26(3,4)22(29)10-13-27(5)23-9-8-20-15-32-16-21(20)28(23,6)25(14-24(27)29)34-19(2)31/h15-16,22-25H,7-14,17H2,1-6H3/t22-,23-,24-,25+,27-,28+,29+/m0/s1.